The van der Waals surface area contributed by atoms with Crippen LogP contribution in [0.3, 0.4) is 0 Å². The van der Waals surface area contributed by atoms with Crippen molar-refractivity contribution in [3.63, 3.8) is 0 Å². The van der Waals surface area contributed by atoms with Crippen LogP contribution in [-0.4, -0.2) is 20.8 Å². The number of aromatic nitrogens is 2. The van der Waals surface area contributed by atoms with E-state index in [-0.39, 0.29) is 6.10 Å². The molecule has 3 N–H and O–H groups in total. The molecule has 0 bridgehead atoms. The van der Waals surface area contributed by atoms with E-state index in [4.69, 9.17) is 5.73 Å². The highest BCUT2D eigenvalue weighted by molar-refractivity contribution is 5.79. The van der Waals surface area contributed by atoms with E-state index in [1.54, 1.807) is 0 Å². The quantitative estimate of drug-likeness (QED) is 0.796. The van der Waals surface area contributed by atoms with Crippen LogP contribution in [0.25, 0.3) is 11.0 Å². The Hall–Kier alpha value is -1.55. The maximum absolute atomic E-state index is 9.94. The molecule has 0 radical (unpaired) electrons. The van der Waals surface area contributed by atoms with Crippen LogP contribution in [-0.2, 0) is 6.54 Å². The zero-order valence-electron chi connectivity index (χ0n) is 10.6. The molecule has 2 atom stereocenters. The Balaban J connectivity index is 1.98. The van der Waals surface area contributed by atoms with Gasteiger partial charge in [0.15, 0.2) is 0 Å². The Morgan fingerprint density at radius 2 is 2.28 bits per heavy atom. The third kappa shape index (κ3) is 1.86. The van der Waals surface area contributed by atoms with E-state index in [0.717, 1.165) is 48.4 Å². The molecule has 2 unspecified atom stereocenters. The Labute approximate surface area is 106 Å². The first-order valence-electron chi connectivity index (χ1n) is 6.55. The number of imidazole rings is 1. The fraction of sp³-hybridized carbons (Fsp3) is 0.500. The van der Waals surface area contributed by atoms with Crippen LogP contribution in [0, 0.1) is 12.8 Å². The number of nitrogens with zero attached hydrogens (tertiary/aromatic N) is 2. The molecule has 4 nitrogen and oxygen atoms in total. The SMILES string of the molecule is Cc1nc2cc(N)ccc2n1CC1CCCC1O. The Morgan fingerprint density at radius 1 is 1.44 bits per heavy atom. The number of hydrogen-bond donors (Lipinski definition) is 2. The standard InChI is InChI=1S/C14H19N3O/c1-9-16-12-7-11(15)5-6-13(12)17(9)8-10-3-2-4-14(10)18/h5-7,10,14,18H,2-4,8,15H2,1H3. The number of aliphatic hydroxyl groups excluding tert-OH is 1. The second-order valence-electron chi connectivity index (χ2n) is 5.28. The van der Waals surface area contributed by atoms with Crippen molar-refractivity contribution in [2.24, 2.45) is 5.92 Å². The van der Waals surface area contributed by atoms with Crippen LogP contribution in [0.2, 0.25) is 0 Å². The lowest BCUT2D eigenvalue weighted by molar-refractivity contribution is 0.123. The zero-order chi connectivity index (χ0) is 12.7. The molecule has 3 rings (SSSR count). The third-order valence-electron chi connectivity index (χ3n) is 4.00. The number of aliphatic hydroxyl groups is 1. The van der Waals surface area contributed by atoms with E-state index in [2.05, 4.69) is 9.55 Å². The number of hydrogen-bond acceptors (Lipinski definition) is 3. The number of anilines is 1. The average molecular weight is 245 g/mol. The van der Waals surface area contributed by atoms with Gasteiger partial charge >= 0.3 is 0 Å². The van der Waals surface area contributed by atoms with Gasteiger partial charge in [0.25, 0.3) is 0 Å². The molecular formula is C14H19N3O. The highest BCUT2D eigenvalue weighted by Crippen LogP contribution is 2.29. The molecule has 1 aliphatic carbocycles. The monoisotopic (exact) mass is 245 g/mol. The van der Waals surface area contributed by atoms with E-state index < -0.39 is 0 Å². The predicted molar refractivity (Wildman–Crippen MR) is 72.2 cm³/mol. The van der Waals surface area contributed by atoms with Crippen molar-refractivity contribution in [3.05, 3.63) is 24.0 Å². The summed E-state index contributed by atoms with van der Waals surface area (Å²) >= 11 is 0. The maximum Gasteiger partial charge on any atom is 0.106 e. The summed E-state index contributed by atoms with van der Waals surface area (Å²) in [7, 11) is 0. The fourth-order valence-corrected chi connectivity index (χ4v) is 2.96. The van der Waals surface area contributed by atoms with Crippen molar-refractivity contribution in [2.75, 3.05) is 5.73 Å². The molecule has 0 saturated heterocycles. The number of nitrogen functional groups attached to an aromatic ring is 1. The molecule has 0 spiro atoms. The fourth-order valence-electron chi connectivity index (χ4n) is 2.96. The van der Waals surface area contributed by atoms with Crippen molar-refractivity contribution in [1.29, 1.82) is 0 Å². The number of rotatable bonds is 2. The molecule has 1 saturated carbocycles. The van der Waals surface area contributed by atoms with Gasteiger partial charge in [-0.05, 0) is 38.0 Å². The van der Waals surface area contributed by atoms with Gasteiger partial charge in [0.05, 0.1) is 17.1 Å². The van der Waals surface area contributed by atoms with Gasteiger partial charge in [-0.3, -0.25) is 0 Å². The second-order valence-corrected chi connectivity index (χ2v) is 5.28. The van der Waals surface area contributed by atoms with E-state index in [1.165, 1.54) is 0 Å². The Kier molecular flexibility index (Phi) is 2.74. The topological polar surface area (TPSA) is 64.1 Å². The van der Waals surface area contributed by atoms with Crippen LogP contribution in [0.1, 0.15) is 25.1 Å². The van der Waals surface area contributed by atoms with Gasteiger partial charge in [0.2, 0.25) is 0 Å². The van der Waals surface area contributed by atoms with Gasteiger partial charge < -0.3 is 15.4 Å². The van der Waals surface area contributed by atoms with Gasteiger partial charge in [-0.15, -0.1) is 0 Å². The van der Waals surface area contributed by atoms with Crippen molar-refractivity contribution in [2.45, 2.75) is 38.8 Å². The van der Waals surface area contributed by atoms with Crippen LogP contribution in [0.4, 0.5) is 5.69 Å². The first-order chi connectivity index (χ1) is 8.65. The number of nitrogens with two attached hydrogens (primary N) is 1. The number of aryl methyl sites for hydroxylation is 1. The van der Waals surface area contributed by atoms with Crippen molar-refractivity contribution < 1.29 is 5.11 Å². The van der Waals surface area contributed by atoms with Crippen LogP contribution in [0.15, 0.2) is 18.2 Å². The van der Waals surface area contributed by atoms with Gasteiger partial charge in [0.1, 0.15) is 5.82 Å². The van der Waals surface area contributed by atoms with Gasteiger partial charge in [0, 0.05) is 18.2 Å². The van der Waals surface area contributed by atoms with E-state index >= 15 is 0 Å². The second kappa shape index (κ2) is 4.28. The minimum Gasteiger partial charge on any atom is -0.399 e. The highest BCUT2D eigenvalue weighted by atomic mass is 16.3. The molecule has 0 amide bonds. The summed E-state index contributed by atoms with van der Waals surface area (Å²) in [5, 5.41) is 9.94. The smallest absolute Gasteiger partial charge is 0.106 e. The normalized spacial score (nSPS) is 23.9. The summed E-state index contributed by atoms with van der Waals surface area (Å²) in [5.41, 5.74) is 8.58. The third-order valence-corrected chi connectivity index (χ3v) is 4.00. The molecule has 0 aliphatic heterocycles. The summed E-state index contributed by atoms with van der Waals surface area (Å²) in [5.74, 6) is 1.35. The molecule has 2 aromatic rings. The summed E-state index contributed by atoms with van der Waals surface area (Å²) in [6.45, 7) is 2.87. The summed E-state index contributed by atoms with van der Waals surface area (Å²) in [4.78, 5) is 4.54. The van der Waals surface area contributed by atoms with E-state index in [9.17, 15) is 5.11 Å². The lowest BCUT2D eigenvalue weighted by Crippen LogP contribution is -2.19. The van der Waals surface area contributed by atoms with Crippen molar-refractivity contribution >= 4 is 16.7 Å². The molecule has 1 aromatic carbocycles. The Bertz CT molecular complexity index is 576. The van der Waals surface area contributed by atoms with Gasteiger partial charge in [-0.2, -0.15) is 0 Å². The van der Waals surface area contributed by atoms with Crippen molar-refractivity contribution in [1.82, 2.24) is 9.55 Å². The summed E-state index contributed by atoms with van der Waals surface area (Å²) in [6.07, 6.45) is 3.01. The molecular weight excluding hydrogens is 226 g/mol. The number of benzene rings is 1. The number of fused-ring (bicyclic) bond motifs is 1. The summed E-state index contributed by atoms with van der Waals surface area (Å²) < 4.78 is 2.20. The van der Waals surface area contributed by atoms with Gasteiger partial charge in [-0.25, -0.2) is 4.98 Å². The minimum absolute atomic E-state index is 0.157. The molecule has 96 valence electrons. The molecule has 1 aromatic heterocycles. The maximum atomic E-state index is 9.94. The predicted octanol–water partition coefficient (Wildman–Crippen LogP) is 2.09. The lowest BCUT2D eigenvalue weighted by atomic mass is 10.1. The molecule has 1 aliphatic rings. The van der Waals surface area contributed by atoms with Crippen LogP contribution >= 0.6 is 0 Å². The van der Waals surface area contributed by atoms with Crippen LogP contribution < -0.4 is 5.73 Å². The zero-order valence-corrected chi connectivity index (χ0v) is 10.6. The lowest BCUT2D eigenvalue weighted by Gasteiger charge is -2.16. The first kappa shape index (κ1) is 11.5. The molecule has 18 heavy (non-hydrogen) atoms. The van der Waals surface area contributed by atoms with Gasteiger partial charge in [-0.1, -0.05) is 6.42 Å². The van der Waals surface area contributed by atoms with Crippen LogP contribution in [0.5, 0.6) is 0 Å². The molecule has 4 heteroatoms. The highest BCUT2D eigenvalue weighted by Gasteiger charge is 2.26. The average Bonchev–Trinajstić information content (AvgIpc) is 2.85. The van der Waals surface area contributed by atoms with E-state index in [1.807, 2.05) is 25.1 Å². The van der Waals surface area contributed by atoms with E-state index in [0.29, 0.717) is 5.92 Å². The molecule has 1 fully saturated rings. The largest absolute Gasteiger partial charge is 0.399 e. The molecule has 1 heterocycles. The minimum atomic E-state index is -0.157. The first-order valence-corrected chi connectivity index (χ1v) is 6.55. The van der Waals surface area contributed by atoms with Crippen molar-refractivity contribution in [3.8, 4) is 0 Å². The Morgan fingerprint density at radius 3 is 3.00 bits per heavy atom. The summed E-state index contributed by atoms with van der Waals surface area (Å²) in [6, 6.07) is 5.83.